The van der Waals surface area contributed by atoms with E-state index in [0.717, 1.165) is 16.7 Å². The molecule has 0 aliphatic carbocycles. The summed E-state index contributed by atoms with van der Waals surface area (Å²) in [5.41, 5.74) is 8.77. The summed E-state index contributed by atoms with van der Waals surface area (Å²) >= 11 is 0. The van der Waals surface area contributed by atoms with Crippen LogP contribution >= 0.6 is 0 Å². The van der Waals surface area contributed by atoms with Crippen LogP contribution in [-0.2, 0) is 0 Å². The molecule has 2 heterocycles. The number of anilines is 1. The van der Waals surface area contributed by atoms with Gasteiger partial charge in [-0.2, -0.15) is 5.10 Å². The van der Waals surface area contributed by atoms with E-state index in [9.17, 15) is 0 Å². The quantitative estimate of drug-likeness (QED) is 0.705. The van der Waals surface area contributed by atoms with Gasteiger partial charge in [-0.15, -0.1) is 0 Å². The number of aromatic nitrogens is 4. The Kier molecular flexibility index (Phi) is 2.26. The van der Waals surface area contributed by atoms with E-state index in [1.165, 1.54) is 5.56 Å². The second-order valence-electron chi connectivity index (χ2n) is 4.29. The van der Waals surface area contributed by atoms with Crippen molar-refractivity contribution in [2.45, 2.75) is 13.8 Å². The molecule has 1 aromatic carbocycles. The monoisotopic (exact) mass is 239 g/mol. The Morgan fingerprint density at radius 1 is 1.17 bits per heavy atom. The number of fused-ring (bicyclic) bond motifs is 1. The van der Waals surface area contributed by atoms with Crippen LogP contribution in [0.4, 0.5) is 5.82 Å². The van der Waals surface area contributed by atoms with Crippen LogP contribution in [-0.4, -0.2) is 19.7 Å². The molecule has 0 fully saturated rings. The number of hydrogen-bond donors (Lipinski definition) is 1. The second kappa shape index (κ2) is 3.80. The van der Waals surface area contributed by atoms with Gasteiger partial charge in [-0.3, -0.25) is 0 Å². The van der Waals surface area contributed by atoms with E-state index in [0.29, 0.717) is 11.6 Å². The zero-order valence-electron chi connectivity index (χ0n) is 10.3. The van der Waals surface area contributed by atoms with E-state index in [2.05, 4.69) is 21.1 Å². The smallest absolute Gasteiger partial charge is 0.168 e. The first-order valence-corrected chi connectivity index (χ1v) is 5.70. The van der Waals surface area contributed by atoms with Gasteiger partial charge in [-0.25, -0.2) is 14.6 Å². The van der Waals surface area contributed by atoms with Crippen molar-refractivity contribution in [3.63, 3.8) is 0 Å². The fraction of sp³-hybridized carbons (Fsp3) is 0.154. The van der Waals surface area contributed by atoms with Crippen molar-refractivity contribution in [2.75, 3.05) is 5.73 Å². The molecule has 0 unspecified atom stereocenters. The van der Waals surface area contributed by atoms with Gasteiger partial charge in [0.25, 0.3) is 0 Å². The molecule has 0 atom stereocenters. The fourth-order valence-electron chi connectivity index (χ4n) is 1.99. The highest BCUT2D eigenvalue weighted by Crippen LogP contribution is 2.20. The molecule has 0 aliphatic rings. The Morgan fingerprint density at radius 2 is 2.00 bits per heavy atom. The third kappa shape index (κ3) is 1.60. The first-order valence-electron chi connectivity index (χ1n) is 5.70. The minimum Gasteiger partial charge on any atom is -0.383 e. The van der Waals surface area contributed by atoms with Crippen molar-refractivity contribution in [3.8, 4) is 5.69 Å². The van der Waals surface area contributed by atoms with Crippen molar-refractivity contribution in [1.29, 1.82) is 0 Å². The molecular formula is C13H13N5. The molecule has 0 saturated carbocycles. The Bertz CT molecular complexity index is 729. The summed E-state index contributed by atoms with van der Waals surface area (Å²) < 4.78 is 1.79. The first-order chi connectivity index (χ1) is 8.65. The minimum absolute atomic E-state index is 0.469. The van der Waals surface area contributed by atoms with Crippen LogP contribution in [0.3, 0.4) is 0 Å². The van der Waals surface area contributed by atoms with Crippen LogP contribution in [0, 0.1) is 13.8 Å². The van der Waals surface area contributed by atoms with Gasteiger partial charge in [0.2, 0.25) is 0 Å². The normalized spacial score (nSPS) is 11.0. The van der Waals surface area contributed by atoms with Gasteiger partial charge >= 0.3 is 0 Å². The number of aryl methyl sites for hydroxylation is 2. The van der Waals surface area contributed by atoms with Gasteiger partial charge in [-0.05, 0) is 31.5 Å². The number of rotatable bonds is 1. The van der Waals surface area contributed by atoms with Gasteiger partial charge in [0, 0.05) is 0 Å². The largest absolute Gasteiger partial charge is 0.383 e. The molecule has 2 N–H and O–H groups in total. The van der Waals surface area contributed by atoms with Gasteiger partial charge in [0.05, 0.1) is 17.3 Å². The van der Waals surface area contributed by atoms with Gasteiger partial charge in [0.1, 0.15) is 11.6 Å². The summed E-state index contributed by atoms with van der Waals surface area (Å²) in [6.45, 7) is 3.87. The molecule has 0 amide bonds. The SMILES string of the molecule is Cc1cccc(-n2ncc3c(N)nc(C)nc32)c1. The van der Waals surface area contributed by atoms with Crippen molar-refractivity contribution in [1.82, 2.24) is 19.7 Å². The lowest BCUT2D eigenvalue weighted by Crippen LogP contribution is -2.01. The summed E-state index contributed by atoms with van der Waals surface area (Å²) in [7, 11) is 0. The Hall–Kier alpha value is -2.43. The standard InChI is InChI=1S/C13H13N5/c1-8-4-3-5-10(6-8)18-13-11(7-15-18)12(14)16-9(2)17-13/h3-7H,1-2H3,(H2,14,16,17). The molecule has 2 aromatic heterocycles. The van der Waals surface area contributed by atoms with Crippen LogP contribution in [0.15, 0.2) is 30.5 Å². The summed E-state index contributed by atoms with van der Waals surface area (Å²) in [5.74, 6) is 1.12. The molecule has 0 saturated heterocycles. The predicted octanol–water partition coefficient (Wildman–Crippen LogP) is 2.01. The van der Waals surface area contributed by atoms with Crippen molar-refractivity contribution in [3.05, 3.63) is 41.9 Å². The summed E-state index contributed by atoms with van der Waals surface area (Å²) in [6, 6.07) is 8.09. The van der Waals surface area contributed by atoms with Crippen LogP contribution in [0.5, 0.6) is 0 Å². The van der Waals surface area contributed by atoms with Gasteiger partial charge in [0.15, 0.2) is 5.65 Å². The average Bonchev–Trinajstić information content (AvgIpc) is 2.72. The summed E-state index contributed by atoms with van der Waals surface area (Å²) in [4.78, 5) is 8.55. The molecule has 3 rings (SSSR count). The Balaban J connectivity index is 2.30. The lowest BCUT2D eigenvalue weighted by atomic mass is 10.2. The van der Waals surface area contributed by atoms with E-state index in [1.54, 1.807) is 10.9 Å². The summed E-state index contributed by atoms with van der Waals surface area (Å²) in [6.07, 6.45) is 1.70. The van der Waals surface area contributed by atoms with Crippen molar-refractivity contribution < 1.29 is 0 Å². The number of benzene rings is 1. The summed E-state index contributed by atoms with van der Waals surface area (Å²) in [5, 5.41) is 5.12. The molecule has 3 aromatic rings. The van der Waals surface area contributed by atoms with Crippen molar-refractivity contribution >= 4 is 16.9 Å². The second-order valence-corrected chi connectivity index (χ2v) is 4.29. The number of hydrogen-bond acceptors (Lipinski definition) is 4. The highest BCUT2D eigenvalue weighted by molar-refractivity contribution is 5.86. The topological polar surface area (TPSA) is 69.6 Å². The minimum atomic E-state index is 0.469. The molecular weight excluding hydrogens is 226 g/mol. The lowest BCUT2D eigenvalue weighted by Gasteiger charge is -2.04. The average molecular weight is 239 g/mol. The number of nitrogen functional groups attached to an aromatic ring is 1. The molecule has 0 radical (unpaired) electrons. The van der Waals surface area contributed by atoms with E-state index >= 15 is 0 Å². The zero-order valence-corrected chi connectivity index (χ0v) is 10.3. The van der Waals surface area contributed by atoms with Crippen LogP contribution in [0.2, 0.25) is 0 Å². The van der Waals surface area contributed by atoms with E-state index in [1.807, 2.05) is 32.0 Å². The highest BCUT2D eigenvalue weighted by atomic mass is 15.3. The highest BCUT2D eigenvalue weighted by Gasteiger charge is 2.10. The van der Waals surface area contributed by atoms with E-state index in [-0.39, 0.29) is 0 Å². The van der Waals surface area contributed by atoms with Crippen LogP contribution in [0.25, 0.3) is 16.7 Å². The third-order valence-corrected chi connectivity index (χ3v) is 2.82. The molecule has 0 bridgehead atoms. The maximum Gasteiger partial charge on any atom is 0.168 e. The zero-order chi connectivity index (χ0) is 12.7. The Morgan fingerprint density at radius 3 is 2.78 bits per heavy atom. The van der Waals surface area contributed by atoms with Crippen molar-refractivity contribution in [2.24, 2.45) is 0 Å². The van der Waals surface area contributed by atoms with Crippen LogP contribution < -0.4 is 5.73 Å². The lowest BCUT2D eigenvalue weighted by molar-refractivity contribution is 0.888. The predicted molar refractivity (Wildman–Crippen MR) is 70.5 cm³/mol. The maximum atomic E-state index is 5.87. The fourth-order valence-corrected chi connectivity index (χ4v) is 1.99. The third-order valence-electron chi connectivity index (χ3n) is 2.82. The molecule has 0 aliphatic heterocycles. The molecule has 5 heteroatoms. The number of nitrogens with two attached hydrogens (primary N) is 1. The molecule has 5 nitrogen and oxygen atoms in total. The van der Waals surface area contributed by atoms with Gasteiger partial charge in [-0.1, -0.05) is 12.1 Å². The van der Waals surface area contributed by atoms with Crippen LogP contribution in [0.1, 0.15) is 11.4 Å². The molecule has 18 heavy (non-hydrogen) atoms. The molecule has 0 spiro atoms. The van der Waals surface area contributed by atoms with Gasteiger partial charge < -0.3 is 5.73 Å². The Labute approximate surface area is 104 Å². The molecule has 90 valence electrons. The van der Waals surface area contributed by atoms with E-state index in [4.69, 9.17) is 5.73 Å². The number of nitrogens with zero attached hydrogens (tertiary/aromatic N) is 4. The van der Waals surface area contributed by atoms with E-state index < -0.39 is 0 Å². The maximum absolute atomic E-state index is 5.87. The first kappa shape index (κ1) is 10.7.